The van der Waals surface area contributed by atoms with E-state index >= 15 is 4.39 Å². The number of halogens is 1. The number of nitrogens with two attached hydrogens (primary N) is 1. The van der Waals surface area contributed by atoms with E-state index in [4.69, 9.17) is 10.7 Å². The third-order valence-electron chi connectivity index (χ3n) is 7.64. The zero-order valence-electron chi connectivity index (χ0n) is 24.0. The van der Waals surface area contributed by atoms with Crippen molar-refractivity contribution in [1.29, 1.82) is 0 Å². The van der Waals surface area contributed by atoms with Gasteiger partial charge < -0.3 is 21.3 Å². The lowest BCUT2D eigenvalue weighted by Crippen LogP contribution is -2.29. The first-order valence-corrected chi connectivity index (χ1v) is 15.1. The van der Waals surface area contributed by atoms with E-state index < -0.39 is 0 Å². The topological polar surface area (TPSA) is 65.4 Å². The fourth-order valence-corrected chi connectivity index (χ4v) is 6.50. The molecule has 7 heteroatoms. The van der Waals surface area contributed by atoms with Crippen LogP contribution in [0.15, 0.2) is 106 Å². The Labute approximate surface area is 245 Å². The van der Waals surface area contributed by atoms with E-state index in [1.807, 2.05) is 56.4 Å². The van der Waals surface area contributed by atoms with Crippen molar-refractivity contribution < 1.29 is 4.39 Å². The molecule has 1 aromatic carbocycles. The highest BCUT2D eigenvalue weighted by Gasteiger charge is 2.42. The highest BCUT2D eigenvalue weighted by atomic mass is 32.1. The van der Waals surface area contributed by atoms with E-state index in [2.05, 4.69) is 59.0 Å². The molecule has 0 saturated carbocycles. The maximum atomic E-state index is 16.7. The lowest BCUT2D eigenvalue weighted by atomic mass is 9.91. The molecule has 0 bridgehead atoms. The lowest BCUT2D eigenvalue weighted by Gasteiger charge is -2.28. The average Bonchev–Trinajstić information content (AvgIpc) is 3.59. The number of allylic oxidation sites excluding steroid dienone is 11. The number of nitrogens with one attached hydrogen (secondary N) is 2. The van der Waals surface area contributed by atoms with Crippen LogP contribution in [0.25, 0.3) is 11.1 Å². The molecule has 5 nitrogen and oxygen atoms in total. The monoisotopic (exact) mass is 565 g/mol. The van der Waals surface area contributed by atoms with E-state index in [9.17, 15) is 0 Å². The summed E-state index contributed by atoms with van der Waals surface area (Å²) in [6.45, 7) is 8.93. The number of dihydropyridines is 1. The highest BCUT2D eigenvalue weighted by molar-refractivity contribution is 7.11. The summed E-state index contributed by atoms with van der Waals surface area (Å²) in [4.78, 5) is 8.38. The molecule has 4 heterocycles. The zero-order chi connectivity index (χ0) is 28.7. The van der Waals surface area contributed by atoms with Gasteiger partial charge in [0, 0.05) is 40.0 Å². The molecule has 2 aromatic rings. The van der Waals surface area contributed by atoms with Gasteiger partial charge in [-0.3, -0.25) is 4.99 Å². The summed E-state index contributed by atoms with van der Waals surface area (Å²) < 4.78 is 16.7. The molecule has 3 aliphatic heterocycles. The van der Waals surface area contributed by atoms with Crippen molar-refractivity contribution in [2.24, 2.45) is 10.7 Å². The van der Waals surface area contributed by atoms with Crippen LogP contribution in [0, 0.1) is 5.82 Å². The molecule has 0 spiro atoms. The molecule has 1 unspecified atom stereocenters. The Morgan fingerprint density at radius 2 is 2.10 bits per heavy atom. The van der Waals surface area contributed by atoms with Crippen molar-refractivity contribution in [1.82, 2.24) is 10.6 Å². The Balaban J connectivity index is 1.38. The maximum Gasteiger partial charge on any atom is 0.142 e. The van der Waals surface area contributed by atoms with Crippen LogP contribution in [0.3, 0.4) is 0 Å². The summed E-state index contributed by atoms with van der Waals surface area (Å²) in [5, 5.41) is 9.20. The number of anilines is 1. The Morgan fingerprint density at radius 3 is 2.83 bits per heavy atom. The SMILES string of the molecule is C/C=C/C(=C\C(=C/C)c1ccc2c(c1F)C(C1=CCC3=C(CC(N)=CC=C3c3cccs3)N1)=NC1CN21)NC(C)C. The van der Waals surface area contributed by atoms with Gasteiger partial charge in [-0.2, -0.15) is 0 Å². The van der Waals surface area contributed by atoms with Gasteiger partial charge in [0.05, 0.1) is 29.2 Å². The molecule has 210 valence electrons. The van der Waals surface area contributed by atoms with Crippen molar-refractivity contribution in [3.05, 3.63) is 122 Å². The van der Waals surface area contributed by atoms with Gasteiger partial charge in [0.2, 0.25) is 0 Å². The minimum absolute atomic E-state index is 0.0547. The molecule has 1 saturated heterocycles. The molecule has 1 atom stereocenters. The molecule has 6 rings (SSSR count). The number of fused-ring (bicyclic) bond motifs is 3. The maximum absolute atomic E-state index is 16.7. The molecule has 41 heavy (non-hydrogen) atoms. The van der Waals surface area contributed by atoms with Gasteiger partial charge in [-0.1, -0.05) is 30.4 Å². The molecule has 1 aliphatic carbocycles. The van der Waals surface area contributed by atoms with Gasteiger partial charge in [0.15, 0.2) is 0 Å². The number of benzene rings is 1. The second-order valence-corrected chi connectivity index (χ2v) is 11.9. The van der Waals surface area contributed by atoms with Crippen LogP contribution in [-0.4, -0.2) is 24.5 Å². The molecule has 1 aromatic heterocycles. The normalized spacial score (nSPS) is 20.4. The number of thiophene rings is 1. The van der Waals surface area contributed by atoms with Crippen molar-refractivity contribution in [2.75, 3.05) is 11.4 Å². The molecule has 1 fully saturated rings. The number of nitrogens with zero attached hydrogens (tertiary/aromatic N) is 2. The van der Waals surface area contributed by atoms with Crippen LogP contribution in [0.2, 0.25) is 0 Å². The van der Waals surface area contributed by atoms with Crippen molar-refractivity contribution in [3.8, 4) is 0 Å². The average molecular weight is 566 g/mol. The van der Waals surface area contributed by atoms with E-state index in [1.165, 1.54) is 16.0 Å². The van der Waals surface area contributed by atoms with E-state index in [0.29, 0.717) is 23.3 Å². The Hall–Kier alpha value is -4.10. The smallest absolute Gasteiger partial charge is 0.142 e. The van der Waals surface area contributed by atoms with Gasteiger partial charge in [-0.15, -0.1) is 11.3 Å². The van der Waals surface area contributed by atoms with Crippen LogP contribution >= 0.6 is 11.3 Å². The zero-order valence-corrected chi connectivity index (χ0v) is 24.8. The van der Waals surface area contributed by atoms with E-state index in [1.54, 1.807) is 11.3 Å². The first-order valence-electron chi connectivity index (χ1n) is 14.2. The molecular weight excluding hydrogens is 529 g/mol. The van der Waals surface area contributed by atoms with Gasteiger partial charge >= 0.3 is 0 Å². The minimum atomic E-state index is -0.248. The predicted octanol–water partition coefficient (Wildman–Crippen LogP) is 7.16. The largest absolute Gasteiger partial charge is 0.402 e. The minimum Gasteiger partial charge on any atom is -0.402 e. The first-order chi connectivity index (χ1) is 19.9. The van der Waals surface area contributed by atoms with E-state index in [-0.39, 0.29) is 18.0 Å². The van der Waals surface area contributed by atoms with Crippen LogP contribution < -0.4 is 21.3 Å². The number of hydrogen-bond donors (Lipinski definition) is 3. The Morgan fingerprint density at radius 1 is 1.24 bits per heavy atom. The van der Waals surface area contributed by atoms with Crippen LogP contribution in [-0.2, 0) is 0 Å². The highest BCUT2D eigenvalue weighted by Crippen LogP contribution is 2.43. The second kappa shape index (κ2) is 11.1. The Bertz CT molecular complexity index is 1630. The van der Waals surface area contributed by atoms with Crippen molar-refractivity contribution >= 4 is 33.9 Å². The summed E-state index contributed by atoms with van der Waals surface area (Å²) in [6, 6.07) is 8.42. The Kier molecular flexibility index (Phi) is 7.30. The number of hydrogen-bond acceptors (Lipinski definition) is 6. The summed E-state index contributed by atoms with van der Waals surface area (Å²) in [7, 11) is 0. The quantitative estimate of drug-likeness (QED) is 0.246. The summed E-state index contributed by atoms with van der Waals surface area (Å²) in [5.74, 6) is -0.248. The molecule has 0 amide bonds. The van der Waals surface area contributed by atoms with Crippen LogP contribution in [0.1, 0.15) is 56.5 Å². The first kappa shape index (κ1) is 27.1. The van der Waals surface area contributed by atoms with Gasteiger partial charge in [0.1, 0.15) is 12.0 Å². The van der Waals surface area contributed by atoms with Crippen molar-refractivity contribution in [3.63, 3.8) is 0 Å². The van der Waals surface area contributed by atoms with Gasteiger partial charge in [0.25, 0.3) is 0 Å². The third-order valence-corrected chi connectivity index (χ3v) is 8.54. The fourth-order valence-electron chi connectivity index (χ4n) is 5.72. The summed E-state index contributed by atoms with van der Waals surface area (Å²) in [6.07, 6.45) is 15.6. The number of rotatable bonds is 7. The van der Waals surface area contributed by atoms with Crippen LogP contribution in [0.5, 0.6) is 0 Å². The number of aliphatic imine (C=N–C) groups is 1. The predicted molar refractivity (Wildman–Crippen MR) is 171 cm³/mol. The van der Waals surface area contributed by atoms with E-state index in [0.717, 1.165) is 47.0 Å². The second-order valence-electron chi connectivity index (χ2n) is 11.0. The van der Waals surface area contributed by atoms with Crippen LogP contribution in [0.4, 0.5) is 10.1 Å². The molecule has 4 aliphatic rings. The molecular formula is C34H36FN5S. The lowest BCUT2D eigenvalue weighted by molar-refractivity contribution is 0.620. The summed E-state index contributed by atoms with van der Waals surface area (Å²) in [5.41, 5.74) is 16.0. The molecule has 0 radical (unpaired) electrons. The third kappa shape index (κ3) is 5.22. The van der Waals surface area contributed by atoms with Gasteiger partial charge in [-0.25, -0.2) is 4.39 Å². The van der Waals surface area contributed by atoms with Crippen molar-refractivity contribution in [2.45, 2.75) is 52.7 Å². The molecule has 4 N–H and O–H groups in total. The summed E-state index contributed by atoms with van der Waals surface area (Å²) >= 11 is 1.72. The fraction of sp³-hybridized carbons (Fsp3) is 0.265. The standard InChI is InChI=1S/C34H36FN5S/c1-5-8-23(37-20(3)4)17-21(6-2)24-13-15-29-32(33(24)35)34(39-31-19-40(29)31)27-14-12-25-26(30-9-7-16-41-30)11-10-22(36)18-28(25)38-27/h5-11,13-17,20,31,37-38H,12,18-19,36H2,1-4H3/b8-5+,21-6+,23-17+. The van der Waals surface area contributed by atoms with Gasteiger partial charge in [-0.05, 0) is 92.6 Å².